The van der Waals surface area contributed by atoms with E-state index >= 15 is 0 Å². The number of fused-ring (bicyclic) bond motifs is 1. The molecule has 3 rings (SSSR count). The van der Waals surface area contributed by atoms with Gasteiger partial charge >= 0.3 is 6.01 Å². The number of rotatable bonds is 2. The van der Waals surface area contributed by atoms with E-state index in [2.05, 4.69) is 15.4 Å². The summed E-state index contributed by atoms with van der Waals surface area (Å²) < 4.78 is 5.50. The fraction of sp³-hybridized carbons (Fsp3) is 0.200. The zero-order chi connectivity index (χ0) is 10.1. The standard InChI is InChI=1S/C10H10N4O/c1-2-4-9-8(3-1)12-10(15-9)13-14-6-5-11-7-14/h1-4,7H,5-6H2,(H,12,13). The van der Waals surface area contributed by atoms with Crippen molar-refractivity contribution in [2.24, 2.45) is 4.99 Å². The van der Waals surface area contributed by atoms with Crippen molar-refractivity contribution in [2.45, 2.75) is 0 Å². The molecule has 76 valence electrons. The molecule has 1 aromatic heterocycles. The molecule has 1 aromatic carbocycles. The Morgan fingerprint density at radius 1 is 1.33 bits per heavy atom. The summed E-state index contributed by atoms with van der Waals surface area (Å²) in [6.07, 6.45) is 1.74. The molecular weight excluding hydrogens is 192 g/mol. The highest BCUT2D eigenvalue weighted by Gasteiger charge is 2.09. The van der Waals surface area contributed by atoms with Crippen LogP contribution < -0.4 is 5.43 Å². The van der Waals surface area contributed by atoms with Gasteiger partial charge in [-0.05, 0) is 12.1 Å². The highest BCUT2D eigenvalue weighted by molar-refractivity contribution is 5.74. The Kier molecular flexibility index (Phi) is 1.81. The summed E-state index contributed by atoms with van der Waals surface area (Å²) in [5, 5.41) is 1.85. The molecule has 1 aliphatic rings. The molecule has 0 bridgehead atoms. The maximum absolute atomic E-state index is 5.50. The van der Waals surface area contributed by atoms with Crippen molar-refractivity contribution in [3.05, 3.63) is 24.3 Å². The van der Waals surface area contributed by atoms with Crippen LogP contribution in [0.3, 0.4) is 0 Å². The second-order valence-corrected chi connectivity index (χ2v) is 3.31. The van der Waals surface area contributed by atoms with Crippen LogP contribution in [0.4, 0.5) is 6.01 Å². The monoisotopic (exact) mass is 202 g/mol. The van der Waals surface area contributed by atoms with Gasteiger partial charge in [0.05, 0.1) is 13.1 Å². The number of aliphatic imine (C=N–C) groups is 1. The molecule has 0 fully saturated rings. The van der Waals surface area contributed by atoms with Gasteiger partial charge < -0.3 is 4.42 Å². The van der Waals surface area contributed by atoms with Crippen LogP contribution in [0.15, 0.2) is 33.7 Å². The van der Waals surface area contributed by atoms with Crippen LogP contribution in [-0.2, 0) is 0 Å². The molecule has 0 amide bonds. The first-order valence-corrected chi connectivity index (χ1v) is 4.81. The van der Waals surface area contributed by atoms with Gasteiger partial charge in [-0.2, -0.15) is 4.98 Å². The molecule has 15 heavy (non-hydrogen) atoms. The highest BCUT2D eigenvalue weighted by atomic mass is 16.4. The number of anilines is 1. The first kappa shape index (κ1) is 8.28. The molecule has 0 saturated heterocycles. The molecular formula is C10H10N4O. The van der Waals surface area contributed by atoms with Crippen molar-refractivity contribution in [3.63, 3.8) is 0 Å². The molecule has 5 nitrogen and oxygen atoms in total. The molecule has 0 spiro atoms. The predicted octanol–water partition coefficient (Wildman–Crippen LogP) is 1.50. The van der Waals surface area contributed by atoms with Crippen LogP contribution in [0.1, 0.15) is 0 Å². The molecule has 1 aliphatic heterocycles. The van der Waals surface area contributed by atoms with Gasteiger partial charge in [0.25, 0.3) is 0 Å². The third-order valence-corrected chi connectivity index (χ3v) is 2.22. The SMILES string of the molecule is C1=NCCN1Nc1nc2ccccc2o1. The van der Waals surface area contributed by atoms with E-state index in [0.29, 0.717) is 6.01 Å². The third-order valence-electron chi connectivity index (χ3n) is 2.22. The van der Waals surface area contributed by atoms with E-state index in [1.54, 1.807) is 6.34 Å². The normalized spacial score (nSPS) is 15.1. The number of para-hydroxylation sites is 2. The van der Waals surface area contributed by atoms with Crippen LogP contribution in [0.5, 0.6) is 0 Å². The molecule has 0 unspecified atom stereocenters. The molecule has 0 saturated carbocycles. The first-order chi connectivity index (χ1) is 7.42. The summed E-state index contributed by atoms with van der Waals surface area (Å²) in [7, 11) is 0. The zero-order valence-corrected chi connectivity index (χ0v) is 8.05. The highest BCUT2D eigenvalue weighted by Crippen LogP contribution is 2.18. The predicted molar refractivity (Wildman–Crippen MR) is 57.7 cm³/mol. The second-order valence-electron chi connectivity index (χ2n) is 3.31. The van der Waals surface area contributed by atoms with Gasteiger partial charge in [-0.3, -0.25) is 10.0 Å². The van der Waals surface area contributed by atoms with E-state index in [9.17, 15) is 0 Å². The summed E-state index contributed by atoms with van der Waals surface area (Å²) in [5.74, 6) is 0. The molecule has 2 aromatic rings. The lowest BCUT2D eigenvalue weighted by Crippen LogP contribution is -2.26. The average molecular weight is 202 g/mol. The van der Waals surface area contributed by atoms with Gasteiger partial charge in [0.15, 0.2) is 5.58 Å². The number of oxazole rings is 1. The van der Waals surface area contributed by atoms with Gasteiger partial charge in [0, 0.05) is 0 Å². The maximum Gasteiger partial charge on any atom is 0.315 e. The van der Waals surface area contributed by atoms with Crippen LogP contribution in [0.2, 0.25) is 0 Å². The fourth-order valence-corrected chi connectivity index (χ4v) is 1.51. The van der Waals surface area contributed by atoms with Crippen molar-refractivity contribution in [2.75, 3.05) is 18.5 Å². The minimum absolute atomic E-state index is 0.504. The smallest absolute Gasteiger partial charge is 0.315 e. The fourth-order valence-electron chi connectivity index (χ4n) is 1.51. The largest absolute Gasteiger partial charge is 0.422 e. The van der Waals surface area contributed by atoms with Crippen LogP contribution in [-0.4, -0.2) is 29.4 Å². The zero-order valence-electron chi connectivity index (χ0n) is 8.05. The number of benzene rings is 1. The van der Waals surface area contributed by atoms with Crippen molar-refractivity contribution in [1.82, 2.24) is 9.99 Å². The maximum atomic E-state index is 5.50. The number of aromatic nitrogens is 1. The first-order valence-electron chi connectivity index (χ1n) is 4.81. The van der Waals surface area contributed by atoms with Crippen molar-refractivity contribution < 1.29 is 4.42 Å². The Morgan fingerprint density at radius 2 is 2.27 bits per heavy atom. The van der Waals surface area contributed by atoms with Gasteiger partial charge in [-0.15, -0.1) is 0 Å². The summed E-state index contributed by atoms with van der Waals surface area (Å²) in [5.41, 5.74) is 4.68. The van der Waals surface area contributed by atoms with E-state index in [1.807, 2.05) is 29.3 Å². The van der Waals surface area contributed by atoms with E-state index in [4.69, 9.17) is 4.42 Å². The van der Waals surface area contributed by atoms with E-state index in [1.165, 1.54) is 0 Å². The van der Waals surface area contributed by atoms with Crippen molar-refractivity contribution in [3.8, 4) is 0 Å². The topological polar surface area (TPSA) is 53.7 Å². The Hall–Kier alpha value is -2.04. The number of nitrogens with zero attached hydrogens (tertiary/aromatic N) is 3. The molecule has 1 N–H and O–H groups in total. The summed E-state index contributed by atoms with van der Waals surface area (Å²) >= 11 is 0. The number of nitrogens with one attached hydrogen (secondary N) is 1. The molecule has 0 atom stereocenters. The quantitative estimate of drug-likeness (QED) is 0.801. The van der Waals surface area contributed by atoms with Crippen LogP contribution in [0.25, 0.3) is 11.1 Å². The number of hydrogen-bond donors (Lipinski definition) is 1. The third kappa shape index (κ3) is 1.52. The minimum atomic E-state index is 0.504. The van der Waals surface area contributed by atoms with Gasteiger partial charge in [-0.1, -0.05) is 12.1 Å². The van der Waals surface area contributed by atoms with Gasteiger partial charge in [-0.25, -0.2) is 5.43 Å². The molecule has 0 aliphatic carbocycles. The Bertz CT molecular complexity index is 472. The van der Waals surface area contributed by atoms with Crippen molar-refractivity contribution in [1.29, 1.82) is 0 Å². The van der Waals surface area contributed by atoms with Gasteiger partial charge in [0.1, 0.15) is 11.9 Å². The summed E-state index contributed by atoms with van der Waals surface area (Å²) in [6.45, 7) is 1.66. The number of hydrogen-bond acceptors (Lipinski definition) is 5. The second kappa shape index (κ2) is 3.27. The Balaban J connectivity index is 1.88. The van der Waals surface area contributed by atoms with Crippen molar-refractivity contribution >= 4 is 23.5 Å². The lowest BCUT2D eigenvalue weighted by molar-refractivity contribution is 0.505. The lowest BCUT2D eigenvalue weighted by atomic mass is 10.3. The molecule has 0 radical (unpaired) electrons. The van der Waals surface area contributed by atoms with E-state index in [0.717, 1.165) is 24.2 Å². The lowest BCUT2D eigenvalue weighted by Gasteiger charge is -2.12. The van der Waals surface area contributed by atoms with Gasteiger partial charge in [0.2, 0.25) is 0 Å². The van der Waals surface area contributed by atoms with E-state index in [-0.39, 0.29) is 0 Å². The molecule has 2 heterocycles. The van der Waals surface area contributed by atoms with Crippen LogP contribution in [0, 0.1) is 0 Å². The Labute approximate surface area is 86.4 Å². The summed E-state index contributed by atoms with van der Waals surface area (Å²) in [6, 6.07) is 8.18. The van der Waals surface area contributed by atoms with E-state index < -0.39 is 0 Å². The molecule has 5 heteroatoms. The average Bonchev–Trinajstić information content (AvgIpc) is 2.86. The number of hydrazine groups is 1. The minimum Gasteiger partial charge on any atom is -0.422 e. The van der Waals surface area contributed by atoms with Crippen LogP contribution >= 0.6 is 0 Å². The summed E-state index contributed by atoms with van der Waals surface area (Å²) in [4.78, 5) is 8.38. The Morgan fingerprint density at radius 3 is 3.07 bits per heavy atom.